The molecule has 0 aromatic heterocycles. The lowest BCUT2D eigenvalue weighted by Gasteiger charge is -2.17. The molecular weight excluding hydrogens is 343 g/mol. The van der Waals surface area contributed by atoms with E-state index < -0.39 is 17.6 Å². The van der Waals surface area contributed by atoms with Gasteiger partial charge in [-0.3, -0.25) is 9.59 Å². The zero-order chi connectivity index (χ0) is 18.4. The molecule has 0 aliphatic carbocycles. The molecule has 2 amide bonds. The lowest BCUT2D eigenvalue weighted by atomic mass is 10.2. The SMILES string of the molecule is COc1ccc(CN(C)C(=O)C(=O)Nc2ccc(SC)cc2)cc1F. The number of nitrogens with one attached hydrogen (secondary N) is 1. The van der Waals surface area contributed by atoms with E-state index in [0.717, 1.165) is 4.90 Å². The lowest BCUT2D eigenvalue weighted by molar-refractivity contribution is -0.142. The highest BCUT2D eigenvalue weighted by Crippen LogP contribution is 2.19. The number of carbonyl (C=O) groups is 2. The molecule has 0 saturated carbocycles. The van der Waals surface area contributed by atoms with Gasteiger partial charge in [-0.25, -0.2) is 4.39 Å². The number of carbonyl (C=O) groups excluding carboxylic acids is 2. The molecule has 1 N–H and O–H groups in total. The van der Waals surface area contributed by atoms with Gasteiger partial charge in [0.25, 0.3) is 0 Å². The summed E-state index contributed by atoms with van der Waals surface area (Å²) in [6.45, 7) is 0.110. The van der Waals surface area contributed by atoms with Crippen LogP contribution in [-0.2, 0) is 16.1 Å². The Morgan fingerprint density at radius 2 is 1.88 bits per heavy atom. The number of anilines is 1. The van der Waals surface area contributed by atoms with Gasteiger partial charge >= 0.3 is 11.8 Å². The number of methoxy groups -OCH3 is 1. The Hall–Kier alpha value is -2.54. The molecular formula is C18H19FN2O3S. The van der Waals surface area contributed by atoms with E-state index in [1.54, 1.807) is 30.0 Å². The summed E-state index contributed by atoms with van der Waals surface area (Å²) in [6.07, 6.45) is 1.95. The van der Waals surface area contributed by atoms with E-state index in [2.05, 4.69) is 5.32 Å². The quantitative estimate of drug-likeness (QED) is 0.656. The summed E-state index contributed by atoms with van der Waals surface area (Å²) < 4.78 is 18.6. The average Bonchev–Trinajstić information content (AvgIpc) is 2.61. The van der Waals surface area contributed by atoms with Crippen molar-refractivity contribution in [1.29, 1.82) is 0 Å². The number of halogens is 1. The maximum Gasteiger partial charge on any atom is 0.313 e. The average molecular weight is 362 g/mol. The molecule has 7 heteroatoms. The number of hydrogen-bond donors (Lipinski definition) is 1. The number of amides is 2. The molecule has 25 heavy (non-hydrogen) atoms. The number of rotatable bonds is 5. The Balaban J connectivity index is 1.98. The van der Waals surface area contributed by atoms with E-state index in [1.165, 1.54) is 31.2 Å². The highest BCUT2D eigenvalue weighted by molar-refractivity contribution is 7.98. The predicted octanol–water partition coefficient (Wildman–Crippen LogP) is 3.15. The highest BCUT2D eigenvalue weighted by atomic mass is 32.2. The first-order valence-corrected chi connectivity index (χ1v) is 8.70. The summed E-state index contributed by atoms with van der Waals surface area (Å²) in [6, 6.07) is 11.6. The van der Waals surface area contributed by atoms with Crippen LogP contribution in [0.2, 0.25) is 0 Å². The van der Waals surface area contributed by atoms with E-state index in [1.807, 2.05) is 18.4 Å². The molecule has 0 aliphatic rings. The predicted molar refractivity (Wildman–Crippen MR) is 96.3 cm³/mol. The molecule has 0 heterocycles. The Labute approximate surface area is 150 Å². The third kappa shape index (κ3) is 4.96. The Morgan fingerprint density at radius 3 is 2.44 bits per heavy atom. The first-order chi connectivity index (χ1) is 11.9. The summed E-state index contributed by atoms with van der Waals surface area (Å²) >= 11 is 1.59. The minimum absolute atomic E-state index is 0.110. The van der Waals surface area contributed by atoms with E-state index in [9.17, 15) is 14.0 Å². The molecule has 5 nitrogen and oxygen atoms in total. The van der Waals surface area contributed by atoms with Crippen molar-refractivity contribution in [2.75, 3.05) is 25.7 Å². The van der Waals surface area contributed by atoms with Gasteiger partial charge < -0.3 is 15.0 Å². The van der Waals surface area contributed by atoms with Crippen molar-refractivity contribution in [3.8, 4) is 5.75 Å². The number of thioether (sulfide) groups is 1. The molecule has 0 saturated heterocycles. The first kappa shape index (κ1) is 18.8. The van der Waals surface area contributed by atoms with Crippen LogP contribution in [0.1, 0.15) is 5.56 Å². The van der Waals surface area contributed by atoms with Crippen LogP contribution in [0.3, 0.4) is 0 Å². The van der Waals surface area contributed by atoms with E-state index in [4.69, 9.17) is 4.74 Å². The second-order valence-corrected chi connectivity index (χ2v) is 6.19. The smallest absolute Gasteiger partial charge is 0.313 e. The first-order valence-electron chi connectivity index (χ1n) is 7.47. The molecule has 0 atom stereocenters. The van der Waals surface area contributed by atoms with E-state index in [-0.39, 0.29) is 12.3 Å². The molecule has 2 rings (SSSR count). The highest BCUT2D eigenvalue weighted by Gasteiger charge is 2.19. The second-order valence-electron chi connectivity index (χ2n) is 5.31. The summed E-state index contributed by atoms with van der Waals surface area (Å²) in [4.78, 5) is 26.5. The monoisotopic (exact) mass is 362 g/mol. The topological polar surface area (TPSA) is 58.6 Å². The van der Waals surface area contributed by atoms with Gasteiger partial charge in [-0.15, -0.1) is 11.8 Å². The molecule has 132 valence electrons. The van der Waals surface area contributed by atoms with Gasteiger partial charge in [0.2, 0.25) is 0 Å². The van der Waals surface area contributed by atoms with Crippen molar-refractivity contribution < 1.29 is 18.7 Å². The molecule has 0 fully saturated rings. The zero-order valence-corrected chi connectivity index (χ0v) is 15.0. The molecule has 0 aliphatic heterocycles. The van der Waals surface area contributed by atoms with Gasteiger partial charge in [0.15, 0.2) is 11.6 Å². The number of ether oxygens (including phenoxy) is 1. The largest absolute Gasteiger partial charge is 0.494 e. The molecule has 0 unspecified atom stereocenters. The van der Waals surface area contributed by atoms with Crippen LogP contribution in [0.25, 0.3) is 0 Å². The van der Waals surface area contributed by atoms with Crippen molar-refractivity contribution in [3.63, 3.8) is 0 Å². The van der Waals surface area contributed by atoms with E-state index in [0.29, 0.717) is 11.3 Å². The minimum atomic E-state index is -0.742. The fourth-order valence-corrected chi connectivity index (χ4v) is 2.59. The number of benzene rings is 2. The lowest BCUT2D eigenvalue weighted by Crippen LogP contribution is -2.36. The number of nitrogens with zero attached hydrogens (tertiary/aromatic N) is 1. The van der Waals surface area contributed by atoms with Crippen LogP contribution < -0.4 is 10.1 Å². The van der Waals surface area contributed by atoms with Gasteiger partial charge in [0, 0.05) is 24.2 Å². The number of hydrogen-bond acceptors (Lipinski definition) is 4. The maximum atomic E-state index is 13.7. The summed E-state index contributed by atoms with van der Waals surface area (Å²) in [5, 5.41) is 2.56. The summed E-state index contributed by atoms with van der Waals surface area (Å²) in [7, 11) is 2.87. The van der Waals surface area contributed by atoms with Crippen molar-refractivity contribution in [1.82, 2.24) is 4.90 Å². The normalized spacial score (nSPS) is 10.2. The van der Waals surface area contributed by atoms with Gasteiger partial charge in [0.1, 0.15) is 0 Å². The standard InChI is InChI=1S/C18H19FN2O3S/c1-21(11-12-4-9-16(24-2)15(19)10-12)18(23)17(22)20-13-5-7-14(25-3)8-6-13/h4-10H,11H2,1-3H3,(H,20,22). The van der Waals surface area contributed by atoms with Crippen LogP contribution in [0.15, 0.2) is 47.4 Å². The Morgan fingerprint density at radius 1 is 1.20 bits per heavy atom. The Bertz CT molecular complexity index is 765. The molecule has 2 aromatic rings. The molecule has 2 aromatic carbocycles. The van der Waals surface area contributed by atoms with Crippen LogP contribution in [0.5, 0.6) is 5.75 Å². The van der Waals surface area contributed by atoms with Crippen LogP contribution >= 0.6 is 11.8 Å². The maximum absolute atomic E-state index is 13.7. The molecule has 0 spiro atoms. The van der Waals surface area contributed by atoms with Crippen molar-refractivity contribution in [2.24, 2.45) is 0 Å². The van der Waals surface area contributed by atoms with Gasteiger partial charge in [-0.05, 0) is 48.2 Å². The summed E-state index contributed by atoms with van der Waals surface area (Å²) in [5.74, 6) is -1.83. The van der Waals surface area contributed by atoms with Gasteiger partial charge in [0.05, 0.1) is 7.11 Å². The molecule has 0 bridgehead atoms. The van der Waals surface area contributed by atoms with Crippen molar-refractivity contribution in [2.45, 2.75) is 11.4 Å². The second kappa shape index (κ2) is 8.53. The van der Waals surface area contributed by atoms with Gasteiger partial charge in [-0.1, -0.05) is 6.07 Å². The van der Waals surface area contributed by atoms with Crippen molar-refractivity contribution >= 4 is 29.3 Å². The minimum Gasteiger partial charge on any atom is -0.494 e. The van der Waals surface area contributed by atoms with Gasteiger partial charge in [-0.2, -0.15) is 0 Å². The summed E-state index contributed by atoms with van der Waals surface area (Å²) in [5.41, 5.74) is 1.10. The van der Waals surface area contributed by atoms with Crippen LogP contribution in [-0.4, -0.2) is 37.1 Å². The van der Waals surface area contributed by atoms with Crippen LogP contribution in [0.4, 0.5) is 10.1 Å². The van der Waals surface area contributed by atoms with Crippen molar-refractivity contribution in [3.05, 3.63) is 53.8 Å². The third-order valence-electron chi connectivity index (χ3n) is 3.52. The fraction of sp³-hybridized carbons (Fsp3) is 0.222. The number of likely N-dealkylation sites (N-methyl/N-ethyl adjacent to an activating group) is 1. The fourth-order valence-electron chi connectivity index (χ4n) is 2.19. The van der Waals surface area contributed by atoms with Crippen LogP contribution in [0, 0.1) is 5.82 Å². The van der Waals surface area contributed by atoms with E-state index >= 15 is 0 Å². The zero-order valence-electron chi connectivity index (χ0n) is 14.2. The molecule has 0 radical (unpaired) electrons. The third-order valence-corrected chi connectivity index (χ3v) is 4.27. The Kier molecular flexibility index (Phi) is 6.41.